The topological polar surface area (TPSA) is 70.2 Å². The molecule has 3 aromatic carbocycles. The first-order valence-corrected chi connectivity index (χ1v) is 9.08. The Morgan fingerprint density at radius 3 is 2.18 bits per heavy atom. The maximum absolute atomic E-state index is 12.4. The number of para-hydroxylation sites is 1. The molecule has 2 amide bonds. The molecule has 0 aliphatic rings. The molecular weight excluding hydrogens is 370 g/mol. The SMILES string of the molecule is Cc1ccccc1C(=O)NC(=S)Nc1cccc(C(=O)Nc2ccccc2)c1. The van der Waals surface area contributed by atoms with E-state index in [4.69, 9.17) is 12.2 Å². The molecule has 0 aliphatic heterocycles. The fourth-order valence-electron chi connectivity index (χ4n) is 2.62. The van der Waals surface area contributed by atoms with Crippen molar-refractivity contribution in [2.75, 3.05) is 10.6 Å². The van der Waals surface area contributed by atoms with Crippen molar-refractivity contribution in [1.82, 2.24) is 5.32 Å². The first-order chi connectivity index (χ1) is 13.5. The second kappa shape index (κ2) is 8.92. The number of hydrogen-bond acceptors (Lipinski definition) is 3. The number of amides is 2. The average molecular weight is 389 g/mol. The summed E-state index contributed by atoms with van der Waals surface area (Å²) in [5, 5.41) is 8.59. The van der Waals surface area contributed by atoms with E-state index in [-0.39, 0.29) is 16.9 Å². The van der Waals surface area contributed by atoms with Gasteiger partial charge in [-0.05, 0) is 61.1 Å². The summed E-state index contributed by atoms with van der Waals surface area (Å²) in [4.78, 5) is 24.8. The minimum Gasteiger partial charge on any atom is -0.332 e. The highest BCUT2D eigenvalue weighted by Gasteiger charge is 2.11. The van der Waals surface area contributed by atoms with Crippen LogP contribution in [-0.2, 0) is 0 Å². The van der Waals surface area contributed by atoms with Crippen molar-refractivity contribution >= 4 is 40.5 Å². The highest BCUT2D eigenvalue weighted by molar-refractivity contribution is 7.80. The fourth-order valence-corrected chi connectivity index (χ4v) is 2.83. The fraction of sp³-hybridized carbons (Fsp3) is 0.0455. The Hall–Kier alpha value is -3.51. The third kappa shape index (κ3) is 5.02. The van der Waals surface area contributed by atoms with E-state index in [1.54, 1.807) is 36.4 Å². The van der Waals surface area contributed by atoms with E-state index >= 15 is 0 Å². The van der Waals surface area contributed by atoms with Crippen molar-refractivity contribution in [2.45, 2.75) is 6.92 Å². The van der Waals surface area contributed by atoms with Gasteiger partial charge in [-0.2, -0.15) is 0 Å². The van der Waals surface area contributed by atoms with Gasteiger partial charge in [0.15, 0.2) is 5.11 Å². The van der Waals surface area contributed by atoms with Crippen molar-refractivity contribution < 1.29 is 9.59 Å². The molecule has 0 atom stereocenters. The third-order valence-electron chi connectivity index (χ3n) is 4.03. The Kier molecular flexibility index (Phi) is 6.14. The highest BCUT2D eigenvalue weighted by atomic mass is 32.1. The molecule has 3 aromatic rings. The van der Waals surface area contributed by atoms with E-state index < -0.39 is 0 Å². The number of carbonyl (C=O) groups excluding carboxylic acids is 2. The molecule has 0 heterocycles. The molecule has 3 rings (SSSR count). The number of hydrogen-bond donors (Lipinski definition) is 3. The molecule has 0 unspecified atom stereocenters. The molecule has 0 spiro atoms. The molecule has 0 aliphatic carbocycles. The lowest BCUT2D eigenvalue weighted by atomic mass is 10.1. The van der Waals surface area contributed by atoms with Gasteiger partial charge in [0, 0.05) is 22.5 Å². The summed E-state index contributed by atoms with van der Waals surface area (Å²) in [6.45, 7) is 1.86. The van der Waals surface area contributed by atoms with Crippen molar-refractivity contribution in [3.05, 3.63) is 95.6 Å². The molecule has 6 heteroatoms. The van der Waals surface area contributed by atoms with E-state index in [2.05, 4.69) is 16.0 Å². The van der Waals surface area contributed by atoms with Gasteiger partial charge in [-0.1, -0.05) is 42.5 Å². The summed E-state index contributed by atoms with van der Waals surface area (Å²) < 4.78 is 0. The molecule has 0 saturated carbocycles. The molecule has 3 N–H and O–H groups in total. The molecule has 0 bridgehead atoms. The molecule has 28 heavy (non-hydrogen) atoms. The predicted molar refractivity (Wildman–Crippen MR) is 116 cm³/mol. The Bertz CT molecular complexity index is 1020. The van der Waals surface area contributed by atoms with E-state index in [1.165, 1.54) is 0 Å². The van der Waals surface area contributed by atoms with Crippen LogP contribution in [0.4, 0.5) is 11.4 Å². The highest BCUT2D eigenvalue weighted by Crippen LogP contribution is 2.14. The number of carbonyl (C=O) groups is 2. The summed E-state index contributed by atoms with van der Waals surface area (Å²) in [5.41, 5.74) is 3.22. The minimum atomic E-state index is -0.284. The number of benzene rings is 3. The van der Waals surface area contributed by atoms with Crippen LogP contribution in [-0.4, -0.2) is 16.9 Å². The Morgan fingerprint density at radius 1 is 0.750 bits per heavy atom. The van der Waals surface area contributed by atoms with Crippen molar-refractivity contribution in [2.24, 2.45) is 0 Å². The van der Waals surface area contributed by atoms with E-state index in [1.807, 2.05) is 49.4 Å². The Labute approximate surface area is 168 Å². The number of thiocarbonyl (C=S) groups is 1. The largest absolute Gasteiger partial charge is 0.332 e. The Balaban J connectivity index is 1.64. The van der Waals surface area contributed by atoms with Crippen LogP contribution < -0.4 is 16.0 Å². The first-order valence-electron chi connectivity index (χ1n) is 8.67. The second-order valence-corrected chi connectivity index (χ2v) is 6.53. The number of nitrogens with one attached hydrogen (secondary N) is 3. The summed E-state index contributed by atoms with van der Waals surface area (Å²) >= 11 is 5.23. The molecule has 140 valence electrons. The summed E-state index contributed by atoms with van der Waals surface area (Å²) in [6.07, 6.45) is 0. The Morgan fingerprint density at radius 2 is 1.43 bits per heavy atom. The smallest absolute Gasteiger partial charge is 0.257 e. The second-order valence-electron chi connectivity index (χ2n) is 6.12. The number of aryl methyl sites for hydroxylation is 1. The monoisotopic (exact) mass is 389 g/mol. The molecular formula is C22H19N3O2S. The van der Waals surface area contributed by atoms with Gasteiger partial charge in [-0.15, -0.1) is 0 Å². The van der Waals surface area contributed by atoms with Crippen LogP contribution in [0, 0.1) is 6.92 Å². The first kappa shape index (κ1) is 19.3. The molecule has 0 saturated heterocycles. The van der Waals surface area contributed by atoms with Crippen LogP contribution in [0.3, 0.4) is 0 Å². The lowest BCUT2D eigenvalue weighted by Crippen LogP contribution is -2.34. The lowest BCUT2D eigenvalue weighted by molar-refractivity contribution is 0.0975. The van der Waals surface area contributed by atoms with Gasteiger partial charge < -0.3 is 10.6 Å². The zero-order chi connectivity index (χ0) is 19.9. The van der Waals surface area contributed by atoms with Gasteiger partial charge in [-0.3, -0.25) is 14.9 Å². The quantitative estimate of drug-likeness (QED) is 0.580. The molecule has 0 radical (unpaired) electrons. The van der Waals surface area contributed by atoms with Crippen LogP contribution in [0.5, 0.6) is 0 Å². The van der Waals surface area contributed by atoms with Gasteiger partial charge in [0.2, 0.25) is 0 Å². The molecule has 0 aromatic heterocycles. The zero-order valence-corrected chi connectivity index (χ0v) is 16.0. The third-order valence-corrected chi connectivity index (χ3v) is 4.24. The minimum absolute atomic E-state index is 0.161. The van der Waals surface area contributed by atoms with Crippen molar-refractivity contribution in [3.63, 3.8) is 0 Å². The van der Waals surface area contributed by atoms with Gasteiger partial charge in [0.1, 0.15) is 0 Å². The lowest BCUT2D eigenvalue weighted by Gasteiger charge is -2.12. The molecule has 0 fully saturated rings. The van der Waals surface area contributed by atoms with E-state index in [9.17, 15) is 9.59 Å². The standard InChI is InChI=1S/C22H19N3O2S/c1-15-8-5-6-13-19(15)21(27)25-22(28)24-18-12-7-9-16(14-18)20(26)23-17-10-3-2-4-11-17/h2-14H,1H3,(H,23,26)(H2,24,25,27,28). The van der Waals surface area contributed by atoms with Crippen molar-refractivity contribution in [3.8, 4) is 0 Å². The van der Waals surface area contributed by atoms with Crippen LogP contribution in [0.25, 0.3) is 0 Å². The van der Waals surface area contributed by atoms with Gasteiger partial charge in [0.05, 0.1) is 0 Å². The molecule has 5 nitrogen and oxygen atoms in total. The summed E-state index contributed by atoms with van der Waals surface area (Å²) in [5.74, 6) is -0.515. The van der Waals surface area contributed by atoms with Crippen LogP contribution >= 0.6 is 12.2 Å². The van der Waals surface area contributed by atoms with Crippen LogP contribution in [0.15, 0.2) is 78.9 Å². The summed E-state index contributed by atoms with van der Waals surface area (Å²) in [7, 11) is 0. The normalized spacial score (nSPS) is 10.0. The maximum Gasteiger partial charge on any atom is 0.257 e. The number of rotatable bonds is 4. The van der Waals surface area contributed by atoms with Gasteiger partial charge in [-0.25, -0.2) is 0 Å². The predicted octanol–water partition coefficient (Wildman–Crippen LogP) is 4.37. The van der Waals surface area contributed by atoms with Gasteiger partial charge >= 0.3 is 0 Å². The van der Waals surface area contributed by atoms with Crippen molar-refractivity contribution in [1.29, 1.82) is 0 Å². The number of anilines is 2. The average Bonchev–Trinajstić information content (AvgIpc) is 2.69. The van der Waals surface area contributed by atoms with Crippen LogP contribution in [0.2, 0.25) is 0 Å². The van der Waals surface area contributed by atoms with Gasteiger partial charge in [0.25, 0.3) is 11.8 Å². The maximum atomic E-state index is 12.4. The summed E-state index contributed by atoms with van der Waals surface area (Å²) in [6, 6.07) is 23.4. The van der Waals surface area contributed by atoms with Crippen LogP contribution in [0.1, 0.15) is 26.3 Å². The zero-order valence-electron chi connectivity index (χ0n) is 15.2. The van der Waals surface area contributed by atoms with E-state index in [0.29, 0.717) is 22.5 Å². The van der Waals surface area contributed by atoms with E-state index in [0.717, 1.165) is 5.56 Å².